The van der Waals surface area contributed by atoms with Crippen LogP contribution in [0.2, 0.25) is 5.02 Å². The molecule has 0 spiro atoms. The van der Waals surface area contributed by atoms with E-state index < -0.39 is 0 Å². The summed E-state index contributed by atoms with van der Waals surface area (Å²) in [5, 5.41) is 0.668. The van der Waals surface area contributed by atoms with Gasteiger partial charge < -0.3 is 5.73 Å². The molecule has 0 saturated heterocycles. The van der Waals surface area contributed by atoms with E-state index in [0.717, 1.165) is 11.4 Å². The minimum Gasteiger partial charge on any atom is -0.384 e. The van der Waals surface area contributed by atoms with E-state index in [1.807, 2.05) is 0 Å². The van der Waals surface area contributed by atoms with E-state index >= 15 is 0 Å². The molecule has 18 heavy (non-hydrogen) atoms. The number of thioether (sulfide) groups is 1. The summed E-state index contributed by atoms with van der Waals surface area (Å²) in [6, 6.07) is 9.94. The minimum absolute atomic E-state index is 0.510. The van der Waals surface area contributed by atoms with Gasteiger partial charge in [-0.2, -0.15) is 0 Å². The first-order valence-electron chi connectivity index (χ1n) is 5.67. The predicted molar refractivity (Wildman–Crippen MR) is 79.1 cm³/mol. The lowest BCUT2D eigenvalue weighted by atomic mass is 10.2. The van der Waals surface area contributed by atoms with Gasteiger partial charge in [-0.15, -0.1) is 11.8 Å². The van der Waals surface area contributed by atoms with Gasteiger partial charge in [0.05, 0.1) is 10.7 Å². The molecule has 0 unspecified atom stereocenters. The third-order valence-corrected chi connectivity index (χ3v) is 4.17. The van der Waals surface area contributed by atoms with Crippen LogP contribution in [0.1, 0.15) is 16.8 Å². The van der Waals surface area contributed by atoms with Gasteiger partial charge >= 0.3 is 0 Å². The van der Waals surface area contributed by atoms with Gasteiger partial charge in [0.2, 0.25) is 0 Å². The second-order valence-electron chi connectivity index (χ2n) is 4.22. The average molecular weight is 279 g/mol. The van der Waals surface area contributed by atoms with Crippen LogP contribution in [0.5, 0.6) is 0 Å². The van der Waals surface area contributed by atoms with Gasteiger partial charge in [-0.1, -0.05) is 29.3 Å². The number of nitrogens with two attached hydrogens (primary N) is 1. The summed E-state index contributed by atoms with van der Waals surface area (Å²) < 4.78 is 0. The number of benzene rings is 1. The Morgan fingerprint density at radius 2 is 2.00 bits per heavy atom. The summed E-state index contributed by atoms with van der Waals surface area (Å²) in [7, 11) is 0. The molecule has 1 aromatic heterocycles. The van der Waals surface area contributed by atoms with Gasteiger partial charge in [-0.25, -0.2) is 4.98 Å². The van der Waals surface area contributed by atoms with Crippen molar-refractivity contribution in [2.45, 2.75) is 24.5 Å². The zero-order valence-electron chi connectivity index (χ0n) is 10.4. The van der Waals surface area contributed by atoms with Crippen LogP contribution in [0.3, 0.4) is 0 Å². The maximum absolute atomic E-state index is 6.10. The summed E-state index contributed by atoms with van der Waals surface area (Å²) in [5.74, 6) is 1.24. The van der Waals surface area contributed by atoms with Crippen molar-refractivity contribution in [3.05, 3.63) is 52.2 Å². The SMILES string of the molecule is Cc1ccc(SCc2nc(N)ccc2Cl)c(C)c1. The summed E-state index contributed by atoms with van der Waals surface area (Å²) in [6.07, 6.45) is 0. The van der Waals surface area contributed by atoms with Gasteiger partial charge in [0.25, 0.3) is 0 Å². The predicted octanol–water partition coefficient (Wildman–Crippen LogP) is 4.23. The highest BCUT2D eigenvalue weighted by Crippen LogP contribution is 2.28. The second kappa shape index (κ2) is 5.63. The third kappa shape index (κ3) is 3.18. The Hall–Kier alpha value is -1.19. The lowest BCUT2D eigenvalue weighted by Crippen LogP contribution is -1.95. The number of pyridine rings is 1. The molecule has 0 fully saturated rings. The topological polar surface area (TPSA) is 38.9 Å². The quantitative estimate of drug-likeness (QED) is 0.854. The molecular weight excluding hydrogens is 264 g/mol. The van der Waals surface area contributed by atoms with Crippen LogP contribution >= 0.6 is 23.4 Å². The van der Waals surface area contributed by atoms with Gasteiger partial charge in [-0.05, 0) is 37.6 Å². The molecule has 0 aliphatic carbocycles. The van der Waals surface area contributed by atoms with E-state index in [1.54, 1.807) is 23.9 Å². The molecule has 0 atom stereocenters. The average Bonchev–Trinajstić information content (AvgIpc) is 2.32. The van der Waals surface area contributed by atoms with Crippen LogP contribution in [0, 0.1) is 13.8 Å². The van der Waals surface area contributed by atoms with E-state index in [2.05, 4.69) is 37.0 Å². The number of aromatic nitrogens is 1. The maximum Gasteiger partial charge on any atom is 0.123 e. The Morgan fingerprint density at radius 1 is 1.22 bits per heavy atom. The normalized spacial score (nSPS) is 10.6. The first kappa shape index (κ1) is 13.2. The van der Waals surface area contributed by atoms with E-state index in [-0.39, 0.29) is 0 Å². The van der Waals surface area contributed by atoms with E-state index in [1.165, 1.54) is 16.0 Å². The molecule has 4 heteroatoms. The standard InChI is InChI=1S/C14H15ClN2S/c1-9-3-5-13(10(2)7-9)18-8-12-11(15)4-6-14(16)17-12/h3-7H,8H2,1-2H3,(H2,16,17). The van der Waals surface area contributed by atoms with Crippen LogP contribution in [0.25, 0.3) is 0 Å². The number of rotatable bonds is 3. The summed E-state index contributed by atoms with van der Waals surface area (Å²) >= 11 is 7.83. The van der Waals surface area contributed by atoms with Crippen molar-refractivity contribution in [1.82, 2.24) is 4.98 Å². The minimum atomic E-state index is 0.510. The number of nitrogens with zero attached hydrogens (tertiary/aromatic N) is 1. The number of aryl methyl sites for hydroxylation is 2. The lowest BCUT2D eigenvalue weighted by Gasteiger charge is -2.07. The van der Waals surface area contributed by atoms with Crippen LogP contribution < -0.4 is 5.73 Å². The van der Waals surface area contributed by atoms with E-state index in [9.17, 15) is 0 Å². The molecular formula is C14H15ClN2S. The van der Waals surface area contributed by atoms with Crippen molar-refractivity contribution in [3.8, 4) is 0 Å². The fourth-order valence-electron chi connectivity index (χ4n) is 1.71. The largest absolute Gasteiger partial charge is 0.384 e. The van der Waals surface area contributed by atoms with E-state index in [0.29, 0.717) is 10.8 Å². The van der Waals surface area contributed by atoms with Crippen molar-refractivity contribution >= 4 is 29.2 Å². The van der Waals surface area contributed by atoms with Crippen LogP contribution in [-0.4, -0.2) is 4.98 Å². The number of halogens is 1. The highest BCUT2D eigenvalue weighted by Gasteiger charge is 2.05. The molecule has 0 amide bonds. The van der Waals surface area contributed by atoms with Crippen LogP contribution in [0.15, 0.2) is 35.2 Å². The number of nitrogen functional groups attached to an aromatic ring is 1. The Kier molecular flexibility index (Phi) is 4.15. The number of hydrogen-bond acceptors (Lipinski definition) is 3. The first-order valence-corrected chi connectivity index (χ1v) is 7.03. The molecule has 0 aliphatic rings. The van der Waals surface area contributed by atoms with Gasteiger partial charge in [-0.3, -0.25) is 0 Å². The molecule has 94 valence electrons. The number of anilines is 1. The van der Waals surface area contributed by atoms with Crippen molar-refractivity contribution in [1.29, 1.82) is 0 Å². The molecule has 1 aromatic carbocycles. The fraction of sp³-hybridized carbons (Fsp3) is 0.214. The number of hydrogen-bond donors (Lipinski definition) is 1. The molecule has 2 N–H and O–H groups in total. The monoisotopic (exact) mass is 278 g/mol. The Morgan fingerprint density at radius 3 is 2.72 bits per heavy atom. The first-order chi connectivity index (χ1) is 8.56. The Balaban J connectivity index is 2.13. The molecule has 1 heterocycles. The Labute approximate surface area is 117 Å². The third-order valence-electron chi connectivity index (χ3n) is 2.63. The lowest BCUT2D eigenvalue weighted by molar-refractivity contribution is 1.18. The van der Waals surface area contributed by atoms with Crippen molar-refractivity contribution < 1.29 is 0 Å². The summed E-state index contributed by atoms with van der Waals surface area (Å²) in [4.78, 5) is 5.51. The molecule has 2 nitrogen and oxygen atoms in total. The molecule has 2 aromatic rings. The van der Waals surface area contributed by atoms with Crippen molar-refractivity contribution in [3.63, 3.8) is 0 Å². The van der Waals surface area contributed by atoms with Crippen molar-refractivity contribution in [2.75, 3.05) is 5.73 Å². The smallest absolute Gasteiger partial charge is 0.123 e. The molecule has 0 bridgehead atoms. The fourth-order valence-corrected chi connectivity index (χ4v) is 2.92. The molecule has 0 radical (unpaired) electrons. The molecule has 0 aliphatic heterocycles. The summed E-state index contributed by atoms with van der Waals surface area (Å²) in [5.41, 5.74) is 9.05. The zero-order chi connectivity index (χ0) is 13.1. The summed E-state index contributed by atoms with van der Waals surface area (Å²) in [6.45, 7) is 4.21. The highest BCUT2D eigenvalue weighted by molar-refractivity contribution is 7.98. The zero-order valence-corrected chi connectivity index (χ0v) is 12.0. The maximum atomic E-state index is 6.10. The van der Waals surface area contributed by atoms with Gasteiger partial charge in [0.1, 0.15) is 5.82 Å². The van der Waals surface area contributed by atoms with E-state index in [4.69, 9.17) is 17.3 Å². The molecule has 2 rings (SSSR count). The van der Waals surface area contributed by atoms with Crippen molar-refractivity contribution in [2.24, 2.45) is 0 Å². The second-order valence-corrected chi connectivity index (χ2v) is 5.65. The van der Waals surface area contributed by atoms with Crippen LogP contribution in [-0.2, 0) is 5.75 Å². The molecule has 0 saturated carbocycles. The van der Waals surface area contributed by atoms with Gasteiger partial charge in [0, 0.05) is 10.6 Å². The van der Waals surface area contributed by atoms with Crippen LogP contribution in [0.4, 0.5) is 5.82 Å². The van der Waals surface area contributed by atoms with Gasteiger partial charge in [0.15, 0.2) is 0 Å². The Bertz CT molecular complexity index is 570. The highest BCUT2D eigenvalue weighted by atomic mass is 35.5.